The predicted octanol–water partition coefficient (Wildman–Crippen LogP) is 4.83. The molecule has 1 aromatic carbocycles. The van der Waals surface area contributed by atoms with Crippen molar-refractivity contribution < 1.29 is 27.5 Å². The van der Waals surface area contributed by atoms with Crippen LogP contribution in [0.4, 0.5) is 17.6 Å². The summed E-state index contributed by atoms with van der Waals surface area (Å²) >= 11 is 0. The van der Waals surface area contributed by atoms with E-state index in [0.29, 0.717) is 11.4 Å². The van der Waals surface area contributed by atoms with E-state index in [1.54, 1.807) is 0 Å². The maximum atomic E-state index is 13.7. The van der Waals surface area contributed by atoms with E-state index in [1.165, 1.54) is 18.3 Å². The first-order valence-corrected chi connectivity index (χ1v) is 8.81. The number of rotatable bonds is 3. The van der Waals surface area contributed by atoms with Gasteiger partial charge in [0, 0.05) is 36.0 Å². The van der Waals surface area contributed by atoms with Crippen LogP contribution in [0.5, 0.6) is 11.6 Å². The van der Waals surface area contributed by atoms with Crippen molar-refractivity contribution in [2.24, 2.45) is 5.16 Å². The SMILES string of the molecule is CC1CCCC(C)N1/C(=N\O)c1ccc(Oc2c(F)c(F)cc(F)c2F)nc1. The van der Waals surface area contributed by atoms with Crippen molar-refractivity contribution in [3.05, 3.63) is 53.2 Å². The van der Waals surface area contributed by atoms with Gasteiger partial charge in [-0.15, -0.1) is 0 Å². The van der Waals surface area contributed by atoms with Crippen LogP contribution < -0.4 is 4.74 Å². The number of hydrogen-bond donors (Lipinski definition) is 1. The molecule has 0 spiro atoms. The molecule has 1 N–H and O–H groups in total. The molecule has 1 fully saturated rings. The Hall–Kier alpha value is -2.84. The quantitative estimate of drug-likeness (QED) is 0.201. The van der Waals surface area contributed by atoms with Gasteiger partial charge in [-0.2, -0.15) is 8.78 Å². The second-order valence-corrected chi connectivity index (χ2v) is 6.74. The average Bonchev–Trinajstić information content (AvgIpc) is 2.67. The molecule has 3 rings (SSSR count). The smallest absolute Gasteiger partial charge is 0.219 e. The summed E-state index contributed by atoms with van der Waals surface area (Å²) in [5, 5.41) is 12.9. The number of hydrogen-bond acceptors (Lipinski definition) is 4. The van der Waals surface area contributed by atoms with Crippen molar-refractivity contribution >= 4 is 5.84 Å². The lowest BCUT2D eigenvalue weighted by atomic mass is 9.96. The summed E-state index contributed by atoms with van der Waals surface area (Å²) in [5.41, 5.74) is 0.460. The molecule has 1 saturated heterocycles. The number of pyridine rings is 1. The molecular weight excluding hydrogens is 378 g/mol. The minimum absolute atomic E-state index is 0.0962. The Balaban J connectivity index is 1.86. The van der Waals surface area contributed by atoms with E-state index in [1.807, 2.05) is 18.7 Å². The summed E-state index contributed by atoms with van der Waals surface area (Å²) in [6, 6.07) is 3.16. The molecule has 0 aliphatic carbocycles. The number of nitrogens with zero attached hydrogens (tertiary/aromatic N) is 3. The Labute approximate surface area is 159 Å². The van der Waals surface area contributed by atoms with Crippen molar-refractivity contribution in [2.75, 3.05) is 0 Å². The Morgan fingerprint density at radius 2 is 1.71 bits per heavy atom. The van der Waals surface area contributed by atoms with Gasteiger partial charge in [-0.05, 0) is 39.2 Å². The molecule has 0 amide bonds. The van der Waals surface area contributed by atoms with E-state index in [2.05, 4.69) is 10.1 Å². The molecule has 0 saturated carbocycles. The Morgan fingerprint density at radius 3 is 2.21 bits per heavy atom. The van der Waals surface area contributed by atoms with Crippen molar-refractivity contribution in [1.82, 2.24) is 9.88 Å². The minimum atomic E-state index is -1.65. The highest BCUT2D eigenvalue weighted by Crippen LogP contribution is 2.30. The molecule has 28 heavy (non-hydrogen) atoms. The van der Waals surface area contributed by atoms with Gasteiger partial charge in [0.05, 0.1) is 0 Å². The monoisotopic (exact) mass is 397 g/mol. The van der Waals surface area contributed by atoms with E-state index >= 15 is 0 Å². The van der Waals surface area contributed by atoms with Crippen LogP contribution in [0.2, 0.25) is 0 Å². The normalized spacial score (nSPS) is 20.4. The van der Waals surface area contributed by atoms with Gasteiger partial charge in [-0.1, -0.05) is 5.16 Å². The summed E-state index contributed by atoms with van der Waals surface area (Å²) in [7, 11) is 0. The van der Waals surface area contributed by atoms with Crippen LogP contribution in [0.1, 0.15) is 38.7 Å². The molecule has 150 valence electrons. The Morgan fingerprint density at radius 1 is 1.11 bits per heavy atom. The third kappa shape index (κ3) is 3.74. The summed E-state index contributed by atoms with van der Waals surface area (Å²) < 4.78 is 58.9. The van der Waals surface area contributed by atoms with Gasteiger partial charge in [-0.3, -0.25) is 0 Å². The fourth-order valence-corrected chi connectivity index (χ4v) is 3.42. The van der Waals surface area contributed by atoms with Crippen molar-refractivity contribution in [1.29, 1.82) is 0 Å². The number of halogens is 4. The molecule has 2 unspecified atom stereocenters. The van der Waals surface area contributed by atoms with Gasteiger partial charge in [0.25, 0.3) is 0 Å². The van der Waals surface area contributed by atoms with Crippen LogP contribution in [0.3, 0.4) is 0 Å². The molecule has 1 aliphatic heterocycles. The van der Waals surface area contributed by atoms with Gasteiger partial charge < -0.3 is 14.8 Å². The fourth-order valence-electron chi connectivity index (χ4n) is 3.42. The number of benzene rings is 1. The molecule has 1 aliphatic rings. The largest absolute Gasteiger partial charge is 0.433 e. The topological polar surface area (TPSA) is 58.0 Å². The summed E-state index contributed by atoms with van der Waals surface area (Å²) in [4.78, 5) is 5.88. The second kappa shape index (κ2) is 8.04. The number of likely N-dealkylation sites (tertiary alicyclic amines) is 1. The molecule has 2 atom stereocenters. The van der Waals surface area contributed by atoms with Gasteiger partial charge in [-0.25, -0.2) is 13.8 Å². The number of piperidine rings is 1. The van der Waals surface area contributed by atoms with E-state index < -0.39 is 29.0 Å². The first kappa shape index (κ1) is 19.9. The molecule has 5 nitrogen and oxygen atoms in total. The zero-order valence-electron chi connectivity index (χ0n) is 15.3. The fraction of sp³-hybridized carbons (Fsp3) is 0.368. The maximum Gasteiger partial charge on any atom is 0.219 e. The third-order valence-corrected chi connectivity index (χ3v) is 4.81. The highest BCUT2D eigenvalue weighted by atomic mass is 19.2. The Kier molecular flexibility index (Phi) is 5.71. The van der Waals surface area contributed by atoms with Gasteiger partial charge in [0.15, 0.2) is 17.5 Å². The Bertz CT molecular complexity index is 853. The molecule has 9 heteroatoms. The van der Waals surface area contributed by atoms with Crippen LogP contribution >= 0.6 is 0 Å². The highest BCUT2D eigenvalue weighted by molar-refractivity contribution is 5.98. The zero-order valence-corrected chi connectivity index (χ0v) is 15.3. The number of aromatic nitrogens is 1. The molecule has 2 heterocycles. The van der Waals surface area contributed by atoms with E-state index in [0.717, 1.165) is 19.3 Å². The first-order chi connectivity index (χ1) is 13.3. The van der Waals surface area contributed by atoms with E-state index in [4.69, 9.17) is 4.74 Å². The molecule has 1 aromatic heterocycles. The van der Waals surface area contributed by atoms with E-state index in [9.17, 15) is 22.8 Å². The number of ether oxygens (including phenoxy) is 1. The maximum absolute atomic E-state index is 13.7. The lowest BCUT2D eigenvalue weighted by Gasteiger charge is -2.40. The standard InChI is InChI=1S/C19H19F4N3O2/c1-10-4-3-5-11(2)26(10)19(25-27)12-6-7-15(24-9-12)28-18-16(22)13(20)8-14(21)17(18)23/h6-11,27H,3-5H2,1-2H3/b25-19-. The van der Waals surface area contributed by atoms with E-state index in [-0.39, 0.29) is 24.0 Å². The first-order valence-electron chi connectivity index (χ1n) is 8.81. The molecule has 0 radical (unpaired) electrons. The van der Waals surface area contributed by atoms with Gasteiger partial charge in [0.1, 0.15) is 0 Å². The lowest BCUT2D eigenvalue weighted by molar-refractivity contribution is 0.181. The van der Waals surface area contributed by atoms with Crippen molar-refractivity contribution in [3.8, 4) is 11.6 Å². The van der Waals surface area contributed by atoms with Crippen LogP contribution in [0, 0.1) is 23.3 Å². The zero-order chi connectivity index (χ0) is 20.4. The van der Waals surface area contributed by atoms with Crippen LogP contribution in [-0.4, -0.2) is 33.0 Å². The number of oxime groups is 1. The highest BCUT2D eigenvalue weighted by Gasteiger charge is 2.29. The summed E-state index contributed by atoms with van der Waals surface area (Å²) in [6.07, 6.45) is 4.26. The predicted molar refractivity (Wildman–Crippen MR) is 93.5 cm³/mol. The van der Waals surface area contributed by atoms with Crippen LogP contribution in [0.15, 0.2) is 29.6 Å². The van der Waals surface area contributed by atoms with Crippen LogP contribution in [-0.2, 0) is 0 Å². The molecule has 2 aromatic rings. The minimum Gasteiger partial charge on any atom is -0.433 e. The molecular formula is C19H19F4N3O2. The van der Waals surface area contributed by atoms with Crippen LogP contribution in [0.25, 0.3) is 0 Å². The summed E-state index contributed by atoms with van der Waals surface area (Å²) in [6.45, 7) is 4.05. The molecule has 0 bridgehead atoms. The average molecular weight is 397 g/mol. The van der Waals surface area contributed by atoms with Gasteiger partial charge >= 0.3 is 0 Å². The summed E-state index contributed by atoms with van der Waals surface area (Å²) in [5.74, 6) is -7.64. The van der Waals surface area contributed by atoms with Crippen molar-refractivity contribution in [3.63, 3.8) is 0 Å². The van der Waals surface area contributed by atoms with Crippen molar-refractivity contribution in [2.45, 2.75) is 45.2 Å². The number of amidine groups is 1. The second-order valence-electron chi connectivity index (χ2n) is 6.74. The lowest BCUT2D eigenvalue weighted by Crippen LogP contribution is -2.47. The van der Waals surface area contributed by atoms with Gasteiger partial charge in [0.2, 0.25) is 23.3 Å². The third-order valence-electron chi connectivity index (χ3n) is 4.81.